The normalized spacial score (nSPS) is 26.9. The summed E-state index contributed by atoms with van der Waals surface area (Å²) in [6.07, 6.45) is 0.917. The SMILES string of the molecule is CC1CC(C(=O)N(C)CC(C)C(N)=NO)CO1. The van der Waals surface area contributed by atoms with E-state index in [1.54, 1.807) is 11.9 Å². The van der Waals surface area contributed by atoms with Crippen molar-refractivity contribution in [2.45, 2.75) is 26.4 Å². The van der Waals surface area contributed by atoms with Gasteiger partial charge in [0, 0.05) is 19.5 Å². The predicted molar refractivity (Wildman–Crippen MR) is 63.7 cm³/mol. The standard InChI is InChI=1S/C11H21N3O3/c1-7(10(12)13-16)5-14(3)11(15)9-4-8(2)17-6-9/h7-9,16H,4-6H2,1-3H3,(H2,12,13). The molecule has 1 aliphatic heterocycles. The topological polar surface area (TPSA) is 88.2 Å². The molecule has 1 aliphatic rings. The van der Waals surface area contributed by atoms with E-state index in [0.29, 0.717) is 13.2 Å². The molecule has 3 atom stereocenters. The summed E-state index contributed by atoms with van der Waals surface area (Å²) in [6, 6.07) is 0. The highest BCUT2D eigenvalue weighted by Gasteiger charge is 2.30. The van der Waals surface area contributed by atoms with E-state index in [4.69, 9.17) is 15.7 Å². The first-order chi connectivity index (χ1) is 7.95. The van der Waals surface area contributed by atoms with E-state index in [9.17, 15) is 4.79 Å². The van der Waals surface area contributed by atoms with Crippen molar-refractivity contribution in [1.29, 1.82) is 0 Å². The molecule has 1 fully saturated rings. The van der Waals surface area contributed by atoms with E-state index in [-0.39, 0.29) is 29.7 Å². The molecular formula is C11H21N3O3. The molecule has 0 aromatic heterocycles. The van der Waals surface area contributed by atoms with Crippen molar-refractivity contribution in [3.63, 3.8) is 0 Å². The largest absolute Gasteiger partial charge is 0.409 e. The molecule has 1 amide bonds. The van der Waals surface area contributed by atoms with Crippen molar-refractivity contribution in [2.75, 3.05) is 20.2 Å². The molecule has 1 saturated heterocycles. The maximum Gasteiger partial charge on any atom is 0.227 e. The average molecular weight is 243 g/mol. The zero-order chi connectivity index (χ0) is 13.0. The summed E-state index contributed by atoms with van der Waals surface area (Å²) in [5, 5.41) is 11.5. The van der Waals surface area contributed by atoms with Gasteiger partial charge in [-0.25, -0.2) is 0 Å². The Kier molecular flexibility index (Phi) is 4.74. The van der Waals surface area contributed by atoms with Gasteiger partial charge < -0.3 is 20.6 Å². The Hall–Kier alpha value is -1.30. The van der Waals surface area contributed by atoms with Crippen molar-refractivity contribution in [3.05, 3.63) is 0 Å². The molecule has 98 valence electrons. The van der Waals surface area contributed by atoms with Crippen molar-refractivity contribution in [3.8, 4) is 0 Å². The number of amidine groups is 1. The van der Waals surface area contributed by atoms with Gasteiger partial charge in [0.15, 0.2) is 0 Å². The highest BCUT2D eigenvalue weighted by Crippen LogP contribution is 2.21. The first-order valence-electron chi connectivity index (χ1n) is 5.79. The molecule has 17 heavy (non-hydrogen) atoms. The molecule has 0 saturated carbocycles. The molecular weight excluding hydrogens is 222 g/mol. The van der Waals surface area contributed by atoms with Crippen LogP contribution in [0.25, 0.3) is 0 Å². The van der Waals surface area contributed by atoms with Crippen LogP contribution in [0.15, 0.2) is 5.16 Å². The van der Waals surface area contributed by atoms with Crippen LogP contribution in [0, 0.1) is 11.8 Å². The second-order valence-electron chi connectivity index (χ2n) is 4.72. The van der Waals surface area contributed by atoms with Gasteiger partial charge in [-0.1, -0.05) is 12.1 Å². The maximum atomic E-state index is 12.0. The Morgan fingerprint density at radius 2 is 2.35 bits per heavy atom. The third kappa shape index (κ3) is 3.59. The Bertz CT molecular complexity index is 306. The number of nitrogens with zero attached hydrogens (tertiary/aromatic N) is 2. The second-order valence-corrected chi connectivity index (χ2v) is 4.72. The lowest BCUT2D eigenvalue weighted by molar-refractivity contribution is -0.134. The number of oxime groups is 1. The van der Waals surface area contributed by atoms with Crippen LogP contribution < -0.4 is 5.73 Å². The number of ether oxygens (including phenoxy) is 1. The van der Waals surface area contributed by atoms with Crippen molar-refractivity contribution >= 4 is 11.7 Å². The summed E-state index contributed by atoms with van der Waals surface area (Å²) in [4.78, 5) is 13.7. The summed E-state index contributed by atoms with van der Waals surface area (Å²) in [5.74, 6) is -0.0178. The molecule has 3 unspecified atom stereocenters. The molecule has 0 aliphatic carbocycles. The Labute approximate surface area is 101 Å². The minimum absolute atomic E-state index is 0.0607. The van der Waals surface area contributed by atoms with E-state index >= 15 is 0 Å². The van der Waals surface area contributed by atoms with Crippen LogP contribution in [0.2, 0.25) is 0 Å². The van der Waals surface area contributed by atoms with Crippen LogP contribution in [0.3, 0.4) is 0 Å². The number of hydrogen-bond acceptors (Lipinski definition) is 4. The number of nitrogens with two attached hydrogens (primary N) is 1. The third-order valence-electron chi connectivity index (χ3n) is 3.09. The Morgan fingerprint density at radius 1 is 1.71 bits per heavy atom. The lowest BCUT2D eigenvalue weighted by Gasteiger charge is -2.23. The molecule has 3 N–H and O–H groups in total. The van der Waals surface area contributed by atoms with Crippen LogP contribution in [0.4, 0.5) is 0 Å². The fourth-order valence-electron chi connectivity index (χ4n) is 1.99. The summed E-state index contributed by atoms with van der Waals surface area (Å²) < 4.78 is 5.37. The van der Waals surface area contributed by atoms with Gasteiger partial charge in [-0.15, -0.1) is 0 Å². The van der Waals surface area contributed by atoms with Gasteiger partial charge in [0.25, 0.3) is 0 Å². The molecule has 0 aromatic rings. The van der Waals surface area contributed by atoms with Crippen LogP contribution in [-0.2, 0) is 9.53 Å². The first-order valence-corrected chi connectivity index (χ1v) is 5.79. The molecule has 6 heteroatoms. The van der Waals surface area contributed by atoms with Crippen molar-refractivity contribution < 1.29 is 14.7 Å². The highest BCUT2D eigenvalue weighted by atomic mass is 16.5. The minimum atomic E-state index is -0.159. The summed E-state index contributed by atoms with van der Waals surface area (Å²) in [6.45, 7) is 4.71. The molecule has 0 radical (unpaired) electrons. The van der Waals surface area contributed by atoms with Gasteiger partial charge in [0.05, 0.1) is 18.6 Å². The predicted octanol–water partition coefficient (Wildman–Crippen LogP) is 0.252. The summed E-state index contributed by atoms with van der Waals surface area (Å²) >= 11 is 0. The van der Waals surface area contributed by atoms with Crippen molar-refractivity contribution in [2.24, 2.45) is 22.7 Å². The fraction of sp³-hybridized carbons (Fsp3) is 0.818. The summed E-state index contributed by atoms with van der Waals surface area (Å²) in [5.41, 5.74) is 5.48. The van der Waals surface area contributed by atoms with E-state index < -0.39 is 0 Å². The van der Waals surface area contributed by atoms with Crippen molar-refractivity contribution in [1.82, 2.24) is 4.90 Å². The molecule has 1 rings (SSSR count). The van der Waals surface area contributed by atoms with Crippen LogP contribution in [0.5, 0.6) is 0 Å². The minimum Gasteiger partial charge on any atom is -0.409 e. The number of rotatable bonds is 4. The van der Waals surface area contributed by atoms with E-state index in [0.717, 1.165) is 6.42 Å². The van der Waals surface area contributed by atoms with Gasteiger partial charge in [0.1, 0.15) is 5.84 Å². The number of hydrogen-bond donors (Lipinski definition) is 2. The van der Waals surface area contributed by atoms with Gasteiger partial charge in [-0.05, 0) is 13.3 Å². The smallest absolute Gasteiger partial charge is 0.227 e. The number of amides is 1. The molecule has 0 bridgehead atoms. The quantitative estimate of drug-likeness (QED) is 0.321. The van der Waals surface area contributed by atoms with Gasteiger partial charge in [-0.2, -0.15) is 0 Å². The van der Waals surface area contributed by atoms with Gasteiger partial charge in [0.2, 0.25) is 5.91 Å². The zero-order valence-corrected chi connectivity index (χ0v) is 10.6. The van der Waals surface area contributed by atoms with Gasteiger partial charge >= 0.3 is 0 Å². The Balaban J connectivity index is 2.47. The van der Waals surface area contributed by atoms with E-state index in [2.05, 4.69) is 5.16 Å². The summed E-state index contributed by atoms with van der Waals surface area (Å²) in [7, 11) is 1.73. The van der Waals surface area contributed by atoms with Crippen LogP contribution in [-0.4, -0.2) is 48.2 Å². The fourth-order valence-corrected chi connectivity index (χ4v) is 1.99. The zero-order valence-electron chi connectivity index (χ0n) is 10.6. The second kappa shape index (κ2) is 5.86. The molecule has 1 heterocycles. The van der Waals surface area contributed by atoms with E-state index in [1.165, 1.54) is 0 Å². The monoisotopic (exact) mass is 243 g/mol. The van der Waals surface area contributed by atoms with Crippen LogP contribution >= 0.6 is 0 Å². The molecule has 6 nitrogen and oxygen atoms in total. The maximum absolute atomic E-state index is 12.0. The van der Waals surface area contributed by atoms with Crippen LogP contribution in [0.1, 0.15) is 20.3 Å². The molecule has 0 spiro atoms. The molecule has 0 aromatic carbocycles. The Morgan fingerprint density at radius 3 is 2.82 bits per heavy atom. The lowest BCUT2D eigenvalue weighted by Crippen LogP contribution is -2.39. The average Bonchev–Trinajstić information content (AvgIpc) is 2.73. The van der Waals surface area contributed by atoms with E-state index in [1.807, 2.05) is 13.8 Å². The number of carbonyl (C=O) groups excluding carboxylic acids is 1. The highest BCUT2D eigenvalue weighted by molar-refractivity contribution is 5.83. The lowest BCUT2D eigenvalue weighted by atomic mass is 10.0. The first kappa shape index (κ1) is 13.8. The third-order valence-corrected chi connectivity index (χ3v) is 3.09. The number of carbonyl (C=O) groups is 1. The van der Waals surface area contributed by atoms with Gasteiger partial charge in [-0.3, -0.25) is 4.79 Å².